The third-order valence-electron chi connectivity index (χ3n) is 4.07. The van der Waals surface area contributed by atoms with Crippen molar-refractivity contribution in [2.24, 2.45) is 0 Å². The van der Waals surface area contributed by atoms with Gasteiger partial charge in [-0.25, -0.2) is 9.18 Å². The average Bonchev–Trinajstić information content (AvgIpc) is 2.79. The summed E-state index contributed by atoms with van der Waals surface area (Å²) in [6.45, 7) is 4.00. The highest BCUT2D eigenvalue weighted by atomic mass is 19.1. The number of halogens is 1. The van der Waals surface area contributed by atoms with E-state index in [-0.39, 0.29) is 11.8 Å². The van der Waals surface area contributed by atoms with Gasteiger partial charge in [0.2, 0.25) is 0 Å². The third-order valence-corrected chi connectivity index (χ3v) is 4.07. The molecule has 0 saturated heterocycles. The first-order valence-corrected chi connectivity index (χ1v) is 9.54. The van der Waals surface area contributed by atoms with Crippen molar-refractivity contribution in [1.82, 2.24) is 0 Å². The lowest BCUT2D eigenvalue weighted by molar-refractivity contribution is 0.0600. The smallest absolute Gasteiger partial charge is 0.337 e. The first-order chi connectivity index (χ1) is 14.1. The van der Waals surface area contributed by atoms with Crippen LogP contribution in [0.25, 0.3) is 24.3 Å². The van der Waals surface area contributed by atoms with Crippen molar-refractivity contribution >= 4 is 30.3 Å². The molecule has 0 bridgehead atoms. The molecule has 0 aliphatic rings. The van der Waals surface area contributed by atoms with E-state index >= 15 is 0 Å². The van der Waals surface area contributed by atoms with Gasteiger partial charge in [0.05, 0.1) is 12.7 Å². The lowest BCUT2D eigenvalue weighted by Gasteiger charge is -2.00. The largest absolute Gasteiger partial charge is 0.465 e. The molecule has 3 aromatic carbocycles. The van der Waals surface area contributed by atoms with Crippen LogP contribution in [-0.2, 0) is 4.74 Å². The highest BCUT2D eigenvalue weighted by Crippen LogP contribution is 2.14. The molecule has 2 nitrogen and oxygen atoms in total. The number of hydrogen-bond donors (Lipinski definition) is 0. The van der Waals surface area contributed by atoms with Crippen LogP contribution in [0.1, 0.15) is 46.5 Å². The Hall–Kier alpha value is -3.46. The van der Waals surface area contributed by atoms with E-state index in [1.54, 1.807) is 24.3 Å². The van der Waals surface area contributed by atoms with Crippen molar-refractivity contribution in [2.45, 2.75) is 13.8 Å². The molecule has 0 radical (unpaired) electrons. The number of methoxy groups -OCH3 is 1. The third kappa shape index (κ3) is 6.89. The predicted molar refractivity (Wildman–Crippen MR) is 120 cm³/mol. The molecule has 0 saturated carbocycles. The molecule has 29 heavy (non-hydrogen) atoms. The van der Waals surface area contributed by atoms with E-state index < -0.39 is 0 Å². The number of hydrogen-bond acceptors (Lipinski definition) is 2. The maximum absolute atomic E-state index is 12.9. The monoisotopic (exact) mass is 388 g/mol. The second kappa shape index (κ2) is 11.4. The molecule has 0 amide bonds. The molecule has 0 unspecified atom stereocenters. The molecule has 0 aromatic heterocycles. The molecule has 0 N–H and O–H groups in total. The first kappa shape index (κ1) is 21.8. The maximum Gasteiger partial charge on any atom is 0.337 e. The number of rotatable bonds is 5. The summed E-state index contributed by atoms with van der Waals surface area (Å²) in [4.78, 5) is 11.4. The molecule has 3 aromatic rings. The van der Waals surface area contributed by atoms with Gasteiger partial charge in [-0.05, 0) is 46.5 Å². The normalized spacial score (nSPS) is 10.6. The number of carbonyl (C=O) groups excluding carboxylic acids is 1. The Labute approximate surface area is 172 Å². The first-order valence-electron chi connectivity index (χ1n) is 9.54. The lowest BCUT2D eigenvalue weighted by Crippen LogP contribution is -2.00. The maximum atomic E-state index is 12.9. The quantitative estimate of drug-likeness (QED) is 0.348. The number of carbonyl (C=O) groups is 1. The minimum atomic E-state index is -0.338. The van der Waals surface area contributed by atoms with E-state index in [4.69, 9.17) is 4.74 Å². The van der Waals surface area contributed by atoms with Crippen LogP contribution in [0.4, 0.5) is 4.39 Å². The number of ether oxygens (including phenoxy) is 1. The van der Waals surface area contributed by atoms with Gasteiger partial charge in [0.15, 0.2) is 0 Å². The van der Waals surface area contributed by atoms with E-state index in [9.17, 15) is 9.18 Å². The van der Waals surface area contributed by atoms with E-state index in [1.807, 2.05) is 74.5 Å². The van der Waals surface area contributed by atoms with Crippen molar-refractivity contribution in [3.05, 3.63) is 106 Å². The molecule has 0 fully saturated rings. The van der Waals surface area contributed by atoms with Crippen molar-refractivity contribution in [3.63, 3.8) is 0 Å². The van der Waals surface area contributed by atoms with Gasteiger partial charge in [0, 0.05) is 0 Å². The topological polar surface area (TPSA) is 26.3 Å². The highest BCUT2D eigenvalue weighted by Gasteiger charge is 2.03. The van der Waals surface area contributed by atoms with Crippen molar-refractivity contribution in [2.75, 3.05) is 7.11 Å². The second-order valence-corrected chi connectivity index (χ2v) is 6.00. The van der Waals surface area contributed by atoms with Gasteiger partial charge in [-0.15, -0.1) is 0 Å². The molecule has 148 valence electrons. The summed E-state index contributed by atoms with van der Waals surface area (Å²) in [6, 6.07) is 21.8. The molecule has 0 aliphatic heterocycles. The molecular weight excluding hydrogens is 363 g/mol. The standard InChI is InChI=1S/C24H19FO2.C2H6/c1-27-24(26)22-14-10-20(11-15-22)8-6-18-2-4-19(5-3-18)7-9-21-12-16-23(25)17-13-21;1-2/h2-17H,1H3;1-2H3/b8-6+,9-7+;. The molecule has 0 heterocycles. The molecular formula is C26H25FO2. The van der Waals surface area contributed by atoms with Gasteiger partial charge in [0.25, 0.3) is 0 Å². The van der Waals surface area contributed by atoms with Crippen LogP contribution in [-0.4, -0.2) is 13.1 Å². The van der Waals surface area contributed by atoms with Crippen LogP contribution in [0.2, 0.25) is 0 Å². The SMILES string of the molecule is CC.COC(=O)c1ccc(/C=C/c2ccc(/C=C/c3ccc(F)cc3)cc2)cc1. The van der Waals surface area contributed by atoms with Gasteiger partial charge in [-0.3, -0.25) is 0 Å². The summed E-state index contributed by atoms with van der Waals surface area (Å²) in [7, 11) is 1.37. The van der Waals surface area contributed by atoms with Gasteiger partial charge < -0.3 is 4.74 Å². The fraction of sp³-hybridized carbons (Fsp3) is 0.115. The van der Waals surface area contributed by atoms with Gasteiger partial charge in [-0.2, -0.15) is 0 Å². The minimum absolute atomic E-state index is 0.233. The van der Waals surface area contributed by atoms with Crippen LogP contribution in [0, 0.1) is 5.82 Å². The fourth-order valence-electron chi connectivity index (χ4n) is 2.53. The van der Waals surface area contributed by atoms with E-state index in [0.717, 1.165) is 22.3 Å². The van der Waals surface area contributed by atoms with Gasteiger partial charge in [0.1, 0.15) is 5.82 Å². The van der Waals surface area contributed by atoms with Crippen molar-refractivity contribution in [1.29, 1.82) is 0 Å². The van der Waals surface area contributed by atoms with Gasteiger partial charge in [-0.1, -0.05) is 86.7 Å². The molecule has 3 heteroatoms. The predicted octanol–water partition coefficient (Wildman–Crippen LogP) is 6.98. The Balaban J connectivity index is 0.00000145. The molecule has 0 spiro atoms. The lowest BCUT2D eigenvalue weighted by atomic mass is 10.1. The molecule has 0 aliphatic carbocycles. The highest BCUT2D eigenvalue weighted by molar-refractivity contribution is 5.89. The van der Waals surface area contributed by atoms with Crippen LogP contribution in [0.3, 0.4) is 0 Å². The summed E-state index contributed by atoms with van der Waals surface area (Å²) in [6.07, 6.45) is 7.95. The fourth-order valence-corrected chi connectivity index (χ4v) is 2.53. The summed E-state index contributed by atoms with van der Waals surface area (Å²) in [5.74, 6) is -0.571. The van der Waals surface area contributed by atoms with Crippen LogP contribution in [0.15, 0.2) is 72.8 Å². The van der Waals surface area contributed by atoms with Crippen LogP contribution < -0.4 is 0 Å². The zero-order valence-electron chi connectivity index (χ0n) is 16.9. The molecule has 0 atom stereocenters. The summed E-state index contributed by atoms with van der Waals surface area (Å²) in [5.41, 5.74) is 4.63. The van der Waals surface area contributed by atoms with Crippen molar-refractivity contribution in [3.8, 4) is 0 Å². The van der Waals surface area contributed by atoms with Crippen molar-refractivity contribution < 1.29 is 13.9 Å². The van der Waals surface area contributed by atoms with Crippen LogP contribution in [0.5, 0.6) is 0 Å². The second-order valence-electron chi connectivity index (χ2n) is 6.00. The van der Waals surface area contributed by atoms with E-state index in [0.29, 0.717) is 5.56 Å². The number of esters is 1. The van der Waals surface area contributed by atoms with E-state index in [1.165, 1.54) is 19.2 Å². The Morgan fingerprint density at radius 1 is 0.655 bits per heavy atom. The van der Waals surface area contributed by atoms with Crippen LogP contribution >= 0.6 is 0 Å². The van der Waals surface area contributed by atoms with Gasteiger partial charge >= 0.3 is 5.97 Å². The number of benzene rings is 3. The van der Waals surface area contributed by atoms with E-state index in [2.05, 4.69) is 0 Å². The average molecular weight is 388 g/mol. The summed E-state index contributed by atoms with van der Waals surface area (Å²) >= 11 is 0. The zero-order valence-corrected chi connectivity index (χ0v) is 16.9. The minimum Gasteiger partial charge on any atom is -0.465 e. The molecule has 3 rings (SSSR count). The summed E-state index contributed by atoms with van der Waals surface area (Å²) in [5, 5.41) is 0. The summed E-state index contributed by atoms with van der Waals surface area (Å²) < 4.78 is 17.6. The Kier molecular flexibility index (Phi) is 8.58. The Morgan fingerprint density at radius 3 is 1.31 bits per heavy atom. The Morgan fingerprint density at radius 2 is 0.966 bits per heavy atom. The zero-order chi connectivity index (χ0) is 21.1. The Bertz CT molecular complexity index is 951.